The van der Waals surface area contributed by atoms with E-state index in [1.165, 1.54) is 31.2 Å². The molecule has 2 aromatic rings. The van der Waals surface area contributed by atoms with Crippen molar-refractivity contribution < 1.29 is 20.1 Å². The second-order valence-corrected chi connectivity index (χ2v) is 6.03. The topological polar surface area (TPSA) is 12.9 Å². The van der Waals surface area contributed by atoms with Crippen LogP contribution < -0.4 is 0 Å². The summed E-state index contributed by atoms with van der Waals surface area (Å²) in [5, 5.41) is 0. The molecule has 105 valence electrons. The Morgan fingerprint density at radius 2 is 2.00 bits per heavy atom. The summed E-state index contributed by atoms with van der Waals surface area (Å²) in [7, 11) is 0. The van der Waals surface area contributed by atoms with Crippen LogP contribution >= 0.6 is 0 Å². The van der Waals surface area contributed by atoms with Crippen LogP contribution in [0.1, 0.15) is 37.2 Å². The Kier molecular flexibility index (Phi) is 4.05. The molecule has 3 atom stereocenters. The van der Waals surface area contributed by atoms with E-state index >= 15 is 0 Å². The smallest absolute Gasteiger partial charge is 0.0195 e. The number of hydrogen-bond donors (Lipinski definition) is 0. The first kappa shape index (κ1) is 14.0. The molecule has 1 nitrogen and oxygen atoms in total. The van der Waals surface area contributed by atoms with Crippen LogP contribution in [0.15, 0.2) is 42.6 Å². The van der Waals surface area contributed by atoms with Crippen molar-refractivity contribution >= 4 is 0 Å². The Morgan fingerprint density at radius 3 is 2.60 bits per heavy atom. The summed E-state index contributed by atoms with van der Waals surface area (Å²) in [6, 6.07) is 15.7. The molecular weight excluding hydrogens is 422 g/mol. The predicted octanol–water partition coefficient (Wildman–Crippen LogP) is 4.45. The van der Waals surface area contributed by atoms with E-state index in [1.54, 1.807) is 0 Å². The molecule has 0 spiro atoms. The van der Waals surface area contributed by atoms with Crippen LogP contribution in [-0.2, 0) is 20.1 Å². The molecule has 2 aliphatic rings. The fourth-order valence-corrected chi connectivity index (χ4v) is 3.99. The molecule has 1 heterocycles. The Balaban J connectivity index is 0.00000121. The zero-order valence-electron chi connectivity index (χ0n) is 11.4. The van der Waals surface area contributed by atoms with Crippen LogP contribution in [0.2, 0.25) is 0 Å². The fourth-order valence-electron chi connectivity index (χ4n) is 3.99. The molecule has 2 bridgehead atoms. The Labute approximate surface area is 134 Å². The largest absolute Gasteiger partial charge is 0.304 e. The first-order chi connectivity index (χ1) is 9.40. The third-order valence-electron chi connectivity index (χ3n) is 4.94. The number of aromatic nitrogens is 1. The number of benzene rings is 1. The van der Waals surface area contributed by atoms with Gasteiger partial charge in [0, 0.05) is 26.3 Å². The monoisotopic (exact) mass is 441 g/mol. The maximum absolute atomic E-state index is 4.65. The van der Waals surface area contributed by atoms with Crippen molar-refractivity contribution in [2.75, 3.05) is 0 Å². The van der Waals surface area contributed by atoms with Crippen LogP contribution in [0.3, 0.4) is 0 Å². The number of nitrogens with zero attached hydrogens (tertiary/aromatic N) is 1. The molecule has 2 fully saturated rings. The third-order valence-corrected chi connectivity index (χ3v) is 4.94. The molecule has 2 saturated carbocycles. The summed E-state index contributed by atoms with van der Waals surface area (Å²) >= 11 is 0. The molecule has 0 amide bonds. The maximum atomic E-state index is 4.65. The van der Waals surface area contributed by atoms with Gasteiger partial charge >= 0.3 is 0 Å². The van der Waals surface area contributed by atoms with Gasteiger partial charge in [0.05, 0.1) is 0 Å². The minimum Gasteiger partial charge on any atom is -0.304 e. The molecular formula is C18H18IrN-. The van der Waals surface area contributed by atoms with E-state index in [-0.39, 0.29) is 20.1 Å². The van der Waals surface area contributed by atoms with Gasteiger partial charge in [-0.15, -0.1) is 35.9 Å². The van der Waals surface area contributed by atoms with E-state index in [1.807, 2.05) is 18.2 Å². The van der Waals surface area contributed by atoms with Crippen molar-refractivity contribution in [3.8, 4) is 11.3 Å². The summed E-state index contributed by atoms with van der Waals surface area (Å²) in [4.78, 5) is 4.65. The summed E-state index contributed by atoms with van der Waals surface area (Å²) in [6.07, 6.45) is 7.85. The van der Waals surface area contributed by atoms with Gasteiger partial charge in [-0.05, 0) is 48.3 Å². The standard InChI is InChI=1S/C18H18N.Ir/c1-2-4-14(5-3-1)18-9-8-16(12-19-18)17-11-13-6-7-15(17)10-13;/h1-4,8-9,12-13,15,17H,6-7,10-11H2;/q-1;. The van der Waals surface area contributed by atoms with E-state index in [0.29, 0.717) is 0 Å². The van der Waals surface area contributed by atoms with Crippen molar-refractivity contribution in [1.82, 2.24) is 4.98 Å². The van der Waals surface area contributed by atoms with Crippen molar-refractivity contribution in [3.63, 3.8) is 0 Å². The van der Waals surface area contributed by atoms with Gasteiger partial charge in [0.1, 0.15) is 0 Å². The van der Waals surface area contributed by atoms with Crippen LogP contribution in [-0.4, -0.2) is 4.98 Å². The quantitative estimate of drug-likeness (QED) is 0.629. The molecule has 0 saturated heterocycles. The number of rotatable bonds is 2. The van der Waals surface area contributed by atoms with Gasteiger partial charge in [0.15, 0.2) is 0 Å². The van der Waals surface area contributed by atoms with Gasteiger partial charge in [0.25, 0.3) is 0 Å². The van der Waals surface area contributed by atoms with E-state index in [0.717, 1.165) is 29.0 Å². The molecule has 0 aliphatic heterocycles. The van der Waals surface area contributed by atoms with Crippen molar-refractivity contribution in [2.24, 2.45) is 11.8 Å². The molecule has 2 aliphatic carbocycles. The minimum atomic E-state index is 0. The van der Waals surface area contributed by atoms with Crippen molar-refractivity contribution in [3.05, 3.63) is 54.2 Å². The summed E-state index contributed by atoms with van der Waals surface area (Å²) in [5.41, 5.74) is 3.57. The molecule has 0 N–H and O–H groups in total. The van der Waals surface area contributed by atoms with Crippen LogP contribution in [0.25, 0.3) is 11.3 Å². The van der Waals surface area contributed by atoms with Crippen LogP contribution in [0.5, 0.6) is 0 Å². The SMILES string of the molecule is [Ir].[c-]1ccccc1-c1ccc(C2CC3CCC2C3)cn1. The van der Waals surface area contributed by atoms with Gasteiger partial charge in [-0.1, -0.05) is 18.6 Å². The average Bonchev–Trinajstić information content (AvgIpc) is 3.11. The van der Waals surface area contributed by atoms with Gasteiger partial charge < -0.3 is 4.98 Å². The van der Waals surface area contributed by atoms with Gasteiger partial charge in [0.2, 0.25) is 0 Å². The van der Waals surface area contributed by atoms with E-state index in [2.05, 4.69) is 35.4 Å². The molecule has 2 heteroatoms. The predicted molar refractivity (Wildman–Crippen MR) is 76.7 cm³/mol. The van der Waals surface area contributed by atoms with Crippen molar-refractivity contribution in [1.29, 1.82) is 0 Å². The Morgan fingerprint density at radius 1 is 1.05 bits per heavy atom. The van der Waals surface area contributed by atoms with Gasteiger partial charge in [-0.25, -0.2) is 0 Å². The Bertz CT molecular complexity index is 564. The Hall–Kier alpha value is -0.981. The third kappa shape index (κ3) is 2.47. The first-order valence-corrected chi connectivity index (χ1v) is 7.33. The first-order valence-electron chi connectivity index (χ1n) is 7.33. The molecule has 3 unspecified atom stereocenters. The number of hydrogen-bond acceptors (Lipinski definition) is 1. The van der Waals surface area contributed by atoms with Gasteiger partial charge in [-0.3, -0.25) is 0 Å². The van der Waals surface area contributed by atoms with E-state index in [4.69, 9.17) is 0 Å². The fraction of sp³-hybridized carbons (Fsp3) is 0.389. The molecule has 1 aromatic heterocycles. The maximum Gasteiger partial charge on any atom is 0.0195 e. The zero-order valence-corrected chi connectivity index (χ0v) is 13.8. The van der Waals surface area contributed by atoms with Crippen molar-refractivity contribution in [2.45, 2.75) is 31.6 Å². The summed E-state index contributed by atoms with van der Waals surface area (Å²) < 4.78 is 0. The van der Waals surface area contributed by atoms with E-state index in [9.17, 15) is 0 Å². The second-order valence-electron chi connectivity index (χ2n) is 6.03. The molecule has 20 heavy (non-hydrogen) atoms. The molecule has 1 aromatic carbocycles. The summed E-state index contributed by atoms with van der Waals surface area (Å²) in [5.74, 6) is 2.71. The van der Waals surface area contributed by atoms with E-state index < -0.39 is 0 Å². The minimum absolute atomic E-state index is 0. The van der Waals surface area contributed by atoms with Crippen LogP contribution in [0.4, 0.5) is 0 Å². The number of pyridine rings is 1. The number of fused-ring (bicyclic) bond motifs is 2. The molecule has 1 radical (unpaired) electrons. The molecule has 4 rings (SSSR count). The van der Waals surface area contributed by atoms with Gasteiger partial charge in [-0.2, -0.15) is 0 Å². The summed E-state index contributed by atoms with van der Waals surface area (Å²) in [6.45, 7) is 0. The average molecular weight is 441 g/mol. The second kappa shape index (κ2) is 5.79. The zero-order chi connectivity index (χ0) is 12.7. The van der Waals surface area contributed by atoms with Crippen LogP contribution in [0, 0.1) is 17.9 Å². The normalized spacial score (nSPS) is 27.3.